The Morgan fingerprint density at radius 2 is 1.97 bits per heavy atom. The molecule has 1 aromatic carbocycles. The molecule has 2 aromatic rings. The fourth-order valence-electron chi connectivity index (χ4n) is 4.70. The zero-order valence-electron chi connectivity index (χ0n) is 18.1. The number of benzene rings is 1. The van der Waals surface area contributed by atoms with Crippen LogP contribution in [0.25, 0.3) is 0 Å². The zero-order chi connectivity index (χ0) is 21.9. The summed E-state index contributed by atoms with van der Waals surface area (Å²) >= 11 is 1.49. The third-order valence-electron chi connectivity index (χ3n) is 6.50. The summed E-state index contributed by atoms with van der Waals surface area (Å²) in [6, 6.07) is 8.84. The first kappa shape index (κ1) is 22.1. The van der Waals surface area contributed by atoms with E-state index in [1.54, 1.807) is 6.20 Å². The number of aromatic nitrogens is 1. The fourth-order valence-corrected chi connectivity index (χ4v) is 7.97. The molecule has 5 rings (SSSR count). The van der Waals surface area contributed by atoms with E-state index < -0.39 is 0 Å². The number of carbonyl (C=O) groups excluding carboxylic acids is 2. The molecule has 1 atom stereocenters. The van der Waals surface area contributed by atoms with Crippen LogP contribution in [-0.2, 0) is 9.53 Å². The number of piperazine rings is 1. The van der Waals surface area contributed by atoms with Crippen LogP contribution in [0, 0.1) is 0 Å². The number of hydrogen-bond acceptors (Lipinski definition) is 6. The summed E-state index contributed by atoms with van der Waals surface area (Å²) in [6.45, 7) is 5.48. The summed E-state index contributed by atoms with van der Waals surface area (Å²) in [5.41, 5.74) is 1.04. The van der Waals surface area contributed by atoms with Crippen molar-refractivity contribution in [1.29, 1.82) is 0 Å². The summed E-state index contributed by atoms with van der Waals surface area (Å²) in [4.78, 5) is 35.8. The third kappa shape index (κ3) is 4.93. The quantitative estimate of drug-likeness (QED) is 0.567. The van der Waals surface area contributed by atoms with Crippen LogP contribution in [0.1, 0.15) is 29.1 Å². The van der Waals surface area contributed by atoms with E-state index >= 15 is 0 Å². The molecule has 32 heavy (non-hydrogen) atoms. The Kier molecular flexibility index (Phi) is 6.93. The second kappa shape index (κ2) is 10.0. The summed E-state index contributed by atoms with van der Waals surface area (Å²) in [6.07, 6.45) is 4.55. The first-order valence-corrected chi connectivity index (χ1v) is 14.2. The van der Waals surface area contributed by atoms with Gasteiger partial charge in [-0.25, -0.2) is 4.98 Å². The van der Waals surface area contributed by atoms with E-state index in [1.165, 1.54) is 15.7 Å². The molecule has 4 heterocycles. The van der Waals surface area contributed by atoms with Crippen molar-refractivity contribution in [1.82, 2.24) is 14.8 Å². The van der Waals surface area contributed by atoms with Gasteiger partial charge < -0.3 is 0 Å². The standard InChI is InChI=1S/C23H28AsN4O3S/c29-21-15-20(26-7-9-27(10-8-26)23(30)22-25-6-13-32-22)16-28(21)19-3-1-2-18(14-19)24-17-4-11-31-12-5-17/h1-3,6,13-14,17,20H,4-5,7-12,15-16H2. The van der Waals surface area contributed by atoms with E-state index in [2.05, 4.69) is 34.1 Å². The van der Waals surface area contributed by atoms with Gasteiger partial charge in [0, 0.05) is 11.6 Å². The Morgan fingerprint density at radius 1 is 1.16 bits per heavy atom. The SMILES string of the molecule is O=C(c1nccs1)N1CCN(C2CC(=O)N(c3cccc([As]C4CCOCC4)c3)C2)CC1. The van der Waals surface area contributed by atoms with Crippen molar-refractivity contribution in [2.24, 2.45) is 0 Å². The van der Waals surface area contributed by atoms with Crippen LogP contribution in [0.15, 0.2) is 35.8 Å². The van der Waals surface area contributed by atoms with Crippen LogP contribution in [0.3, 0.4) is 0 Å². The summed E-state index contributed by atoms with van der Waals surface area (Å²) in [7, 11) is 0. The molecule has 1 unspecified atom stereocenters. The van der Waals surface area contributed by atoms with Gasteiger partial charge in [-0.05, 0) is 0 Å². The summed E-state index contributed by atoms with van der Waals surface area (Å²) < 4.78 is 7.66. The van der Waals surface area contributed by atoms with Crippen LogP contribution in [0.4, 0.5) is 5.69 Å². The number of amides is 2. The molecule has 1 aromatic heterocycles. The molecule has 0 N–H and O–H groups in total. The number of hydrogen-bond donors (Lipinski definition) is 0. The molecule has 3 aliphatic rings. The Labute approximate surface area is 199 Å². The number of thiazole rings is 1. The monoisotopic (exact) mass is 515 g/mol. The second-order valence-corrected chi connectivity index (χ2v) is 12.6. The van der Waals surface area contributed by atoms with Gasteiger partial charge in [0.15, 0.2) is 0 Å². The Hall–Kier alpha value is -1.73. The average Bonchev–Trinajstić information content (AvgIpc) is 3.50. The zero-order valence-corrected chi connectivity index (χ0v) is 20.8. The minimum atomic E-state index is 0.0212. The van der Waals surface area contributed by atoms with Crippen molar-refractivity contribution >= 4 is 48.9 Å². The predicted molar refractivity (Wildman–Crippen MR) is 126 cm³/mol. The van der Waals surface area contributed by atoms with Gasteiger partial charge in [0.1, 0.15) is 0 Å². The second-order valence-electron chi connectivity index (χ2n) is 8.52. The molecule has 2 amide bonds. The van der Waals surface area contributed by atoms with Gasteiger partial charge >= 0.3 is 172 Å². The van der Waals surface area contributed by atoms with E-state index in [9.17, 15) is 9.59 Å². The van der Waals surface area contributed by atoms with Gasteiger partial charge in [-0.1, -0.05) is 0 Å². The maximum absolute atomic E-state index is 12.9. The van der Waals surface area contributed by atoms with E-state index in [0.29, 0.717) is 24.5 Å². The van der Waals surface area contributed by atoms with Crippen molar-refractivity contribution in [2.45, 2.75) is 30.0 Å². The van der Waals surface area contributed by atoms with Crippen molar-refractivity contribution in [3.63, 3.8) is 0 Å². The number of rotatable bonds is 5. The van der Waals surface area contributed by atoms with Gasteiger partial charge in [-0.15, -0.1) is 11.3 Å². The Balaban J connectivity index is 1.18. The van der Waals surface area contributed by atoms with Gasteiger partial charge in [0.05, 0.1) is 0 Å². The molecule has 3 aliphatic heterocycles. The first-order chi connectivity index (χ1) is 15.7. The van der Waals surface area contributed by atoms with Crippen LogP contribution >= 0.6 is 11.3 Å². The first-order valence-electron chi connectivity index (χ1n) is 11.3. The molecule has 1 radical (unpaired) electrons. The topological polar surface area (TPSA) is 66.0 Å². The van der Waals surface area contributed by atoms with Gasteiger partial charge in [0.2, 0.25) is 0 Å². The van der Waals surface area contributed by atoms with Crippen molar-refractivity contribution in [3.05, 3.63) is 40.8 Å². The van der Waals surface area contributed by atoms with Crippen LogP contribution in [0.2, 0.25) is 4.71 Å². The van der Waals surface area contributed by atoms with Crippen LogP contribution in [-0.4, -0.2) is 94.3 Å². The summed E-state index contributed by atoms with van der Waals surface area (Å²) in [5.74, 6) is 0.226. The van der Waals surface area contributed by atoms with E-state index in [1.807, 2.05) is 15.2 Å². The molecular weight excluding hydrogens is 487 g/mol. The normalized spacial score (nSPS) is 23.5. The maximum atomic E-state index is 12.9. The molecule has 169 valence electrons. The van der Waals surface area contributed by atoms with Gasteiger partial charge in [0.25, 0.3) is 0 Å². The number of anilines is 1. The van der Waals surface area contributed by atoms with Crippen LogP contribution in [0.5, 0.6) is 0 Å². The van der Waals surface area contributed by atoms with Crippen molar-refractivity contribution in [3.8, 4) is 0 Å². The van der Waals surface area contributed by atoms with Crippen LogP contribution < -0.4 is 9.25 Å². The average molecular weight is 515 g/mol. The third-order valence-corrected chi connectivity index (χ3v) is 10.3. The van der Waals surface area contributed by atoms with Crippen molar-refractivity contribution < 1.29 is 14.3 Å². The molecule has 3 fully saturated rings. The van der Waals surface area contributed by atoms with Gasteiger partial charge in [-0.2, -0.15) is 0 Å². The van der Waals surface area contributed by atoms with E-state index in [0.717, 1.165) is 56.1 Å². The molecular formula is C23H28AsN4O3S. The van der Waals surface area contributed by atoms with E-state index in [-0.39, 0.29) is 33.6 Å². The Bertz CT molecular complexity index is 942. The number of ether oxygens (including phenoxy) is 1. The molecule has 3 saturated heterocycles. The molecule has 0 bridgehead atoms. The minimum absolute atomic E-state index is 0.0212. The van der Waals surface area contributed by atoms with E-state index in [4.69, 9.17) is 4.74 Å². The molecule has 0 saturated carbocycles. The molecule has 0 spiro atoms. The predicted octanol–water partition coefficient (Wildman–Crippen LogP) is 1.63. The Morgan fingerprint density at radius 3 is 2.72 bits per heavy atom. The summed E-state index contributed by atoms with van der Waals surface area (Å²) in [5, 5.41) is 2.39. The van der Waals surface area contributed by atoms with Crippen molar-refractivity contribution in [2.75, 3.05) is 50.8 Å². The number of carbonyl (C=O) groups is 2. The van der Waals surface area contributed by atoms with Gasteiger partial charge in [-0.3, -0.25) is 0 Å². The molecule has 9 heteroatoms. The number of nitrogens with zero attached hydrogens (tertiary/aromatic N) is 4. The molecule has 7 nitrogen and oxygen atoms in total. The fraction of sp³-hybridized carbons (Fsp3) is 0.522. The molecule has 0 aliphatic carbocycles.